The molecule has 0 aromatic heterocycles. The van der Waals surface area contributed by atoms with Gasteiger partial charge in [-0.3, -0.25) is 4.79 Å². The number of rotatable bonds is 3. The Morgan fingerprint density at radius 3 is 2.64 bits per heavy atom. The van der Waals surface area contributed by atoms with Crippen molar-refractivity contribution in [1.82, 2.24) is 4.90 Å². The lowest BCUT2D eigenvalue weighted by Gasteiger charge is -2.32. The molecule has 2 aromatic carbocycles. The van der Waals surface area contributed by atoms with Crippen molar-refractivity contribution < 1.29 is 13.2 Å². The lowest BCUT2D eigenvalue weighted by atomic mass is 9.95. The number of carbonyl (C=O) groups is 1. The van der Waals surface area contributed by atoms with Crippen LogP contribution in [-0.4, -0.2) is 44.4 Å². The van der Waals surface area contributed by atoms with E-state index in [9.17, 15) is 13.2 Å². The lowest BCUT2D eigenvalue weighted by molar-refractivity contribution is -0.120. The second kappa shape index (κ2) is 7.60. The first kappa shape index (κ1) is 19.0. The number of amides is 1. The van der Waals surface area contributed by atoms with Gasteiger partial charge in [0.05, 0.1) is 0 Å². The van der Waals surface area contributed by atoms with Crippen LogP contribution in [0.15, 0.2) is 62.7 Å². The van der Waals surface area contributed by atoms with Gasteiger partial charge in [0.2, 0.25) is 5.91 Å². The Labute approximate surface area is 169 Å². The molecule has 6 nitrogen and oxygen atoms in total. The molecule has 146 valence electrons. The molecule has 0 bridgehead atoms. The smallest absolute Gasteiger partial charge is 0.285 e. The molecule has 0 saturated carbocycles. The predicted octanol–water partition coefficient (Wildman–Crippen LogP) is 3.21. The molecule has 0 unspecified atom stereocenters. The zero-order chi connectivity index (χ0) is 19.7. The van der Waals surface area contributed by atoms with Crippen LogP contribution in [0.3, 0.4) is 0 Å². The Morgan fingerprint density at radius 2 is 1.89 bits per heavy atom. The molecule has 4 rings (SSSR count). The molecule has 1 fully saturated rings. The zero-order valence-electron chi connectivity index (χ0n) is 15.5. The molecule has 28 heavy (non-hydrogen) atoms. The van der Waals surface area contributed by atoms with E-state index in [0.29, 0.717) is 37.3 Å². The van der Waals surface area contributed by atoms with Crippen LogP contribution in [0.25, 0.3) is 0 Å². The summed E-state index contributed by atoms with van der Waals surface area (Å²) in [5.41, 5.74) is 1.46. The Kier molecular flexibility index (Phi) is 5.16. The van der Waals surface area contributed by atoms with Crippen LogP contribution in [0.4, 0.5) is 5.69 Å². The van der Waals surface area contributed by atoms with Gasteiger partial charge in [0.1, 0.15) is 4.90 Å². The maximum Gasteiger partial charge on any atom is 0.285 e. The van der Waals surface area contributed by atoms with Crippen molar-refractivity contribution in [2.75, 3.05) is 24.7 Å². The SMILES string of the molecule is CSc1cccc(NC(=O)C2CCN(C3=NS(=O)(=O)c4ccccc43)CC2)c1. The molecule has 0 radical (unpaired) electrons. The largest absolute Gasteiger partial charge is 0.355 e. The first-order chi connectivity index (χ1) is 13.5. The average Bonchev–Trinajstić information content (AvgIpc) is 2.99. The summed E-state index contributed by atoms with van der Waals surface area (Å²) in [7, 11) is -3.62. The second-order valence-corrected chi connectivity index (χ2v) is 9.32. The first-order valence-corrected chi connectivity index (χ1v) is 11.8. The lowest BCUT2D eigenvalue weighted by Crippen LogP contribution is -2.41. The number of fused-ring (bicyclic) bond motifs is 1. The summed E-state index contributed by atoms with van der Waals surface area (Å²) >= 11 is 1.63. The van der Waals surface area contributed by atoms with Gasteiger partial charge in [0.25, 0.3) is 10.0 Å². The fourth-order valence-electron chi connectivity index (χ4n) is 3.62. The van der Waals surface area contributed by atoms with E-state index in [-0.39, 0.29) is 16.7 Å². The van der Waals surface area contributed by atoms with Gasteiger partial charge >= 0.3 is 0 Å². The van der Waals surface area contributed by atoms with Crippen molar-refractivity contribution >= 4 is 39.2 Å². The van der Waals surface area contributed by atoms with Crippen LogP contribution in [0.2, 0.25) is 0 Å². The number of sulfonamides is 1. The van der Waals surface area contributed by atoms with Gasteiger partial charge in [0, 0.05) is 35.2 Å². The van der Waals surface area contributed by atoms with Crippen molar-refractivity contribution in [2.24, 2.45) is 10.3 Å². The average molecular weight is 416 g/mol. The first-order valence-electron chi connectivity index (χ1n) is 9.12. The van der Waals surface area contributed by atoms with E-state index >= 15 is 0 Å². The standard InChI is InChI=1S/C20H21N3O3S2/c1-27-16-6-4-5-15(13-16)21-20(24)14-9-11-23(12-10-14)19-17-7-2-3-8-18(17)28(25,26)22-19/h2-8,13-14H,9-12H2,1H3,(H,21,24). The molecule has 0 aliphatic carbocycles. The number of nitrogens with one attached hydrogen (secondary N) is 1. The summed E-state index contributed by atoms with van der Waals surface area (Å²) in [5.74, 6) is 0.421. The quantitative estimate of drug-likeness (QED) is 0.779. The summed E-state index contributed by atoms with van der Waals surface area (Å²) in [4.78, 5) is 16.0. The van der Waals surface area contributed by atoms with Crippen LogP contribution < -0.4 is 5.32 Å². The monoisotopic (exact) mass is 415 g/mol. The van der Waals surface area contributed by atoms with E-state index in [2.05, 4.69) is 9.71 Å². The third-order valence-electron chi connectivity index (χ3n) is 5.12. The normalized spacial score (nSPS) is 18.5. The number of amidine groups is 1. The predicted molar refractivity (Wildman–Crippen MR) is 111 cm³/mol. The van der Waals surface area contributed by atoms with Crippen LogP contribution >= 0.6 is 11.8 Å². The molecule has 2 heterocycles. The van der Waals surface area contributed by atoms with Gasteiger partial charge in [-0.1, -0.05) is 18.2 Å². The summed E-state index contributed by atoms with van der Waals surface area (Å²) < 4.78 is 28.5. The number of hydrogen-bond acceptors (Lipinski definition) is 5. The zero-order valence-corrected chi connectivity index (χ0v) is 17.1. The van der Waals surface area contributed by atoms with Crippen molar-refractivity contribution in [3.63, 3.8) is 0 Å². The van der Waals surface area contributed by atoms with Gasteiger partial charge in [-0.2, -0.15) is 8.42 Å². The van der Waals surface area contributed by atoms with E-state index < -0.39 is 10.0 Å². The number of piperidine rings is 1. The number of hydrogen-bond donors (Lipinski definition) is 1. The van der Waals surface area contributed by atoms with Crippen LogP contribution in [-0.2, 0) is 14.8 Å². The number of benzene rings is 2. The van der Waals surface area contributed by atoms with Gasteiger partial charge in [0.15, 0.2) is 5.84 Å². The maximum absolute atomic E-state index is 12.6. The van der Waals surface area contributed by atoms with Crippen molar-refractivity contribution in [3.05, 3.63) is 54.1 Å². The van der Waals surface area contributed by atoms with Crippen LogP contribution in [0.1, 0.15) is 18.4 Å². The van der Waals surface area contributed by atoms with E-state index in [4.69, 9.17) is 0 Å². The molecular weight excluding hydrogens is 394 g/mol. The number of carbonyl (C=O) groups excluding carboxylic acids is 1. The summed E-state index contributed by atoms with van der Waals surface area (Å²) in [6.45, 7) is 1.21. The van der Waals surface area contributed by atoms with Gasteiger partial charge in [-0.15, -0.1) is 16.2 Å². The minimum absolute atomic E-state index is 0.0132. The minimum atomic E-state index is -3.62. The Bertz CT molecular complexity index is 1040. The Balaban J connectivity index is 1.42. The van der Waals surface area contributed by atoms with Crippen molar-refractivity contribution in [3.8, 4) is 0 Å². The minimum Gasteiger partial charge on any atom is -0.355 e. The molecular formula is C20H21N3O3S2. The molecule has 0 spiro atoms. The van der Waals surface area contributed by atoms with Crippen LogP contribution in [0.5, 0.6) is 0 Å². The van der Waals surface area contributed by atoms with Crippen LogP contribution in [0, 0.1) is 5.92 Å². The molecule has 1 amide bonds. The molecule has 2 aliphatic heterocycles. The van der Waals surface area contributed by atoms with E-state index in [1.807, 2.05) is 41.5 Å². The van der Waals surface area contributed by atoms with Crippen molar-refractivity contribution in [2.45, 2.75) is 22.6 Å². The van der Waals surface area contributed by atoms with E-state index in [1.54, 1.807) is 30.0 Å². The topological polar surface area (TPSA) is 78.8 Å². The highest BCUT2D eigenvalue weighted by Crippen LogP contribution is 2.30. The van der Waals surface area contributed by atoms with Crippen molar-refractivity contribution in [1.29, 1.82) is 0 Å². The Morgan fingerprint density at radius 1 is 1.14 bits per heavy atom. The number of likely N-dealkylation sites (tertiary alicyclic amines) is 1. The number of nitrogens with zero attached hydrogens (tertiary/aromatic N) is 2. The number of thioether (sulfide) groups is 1. The molecule has 1 saturated heterocycles. The fraction of sp³-hybridized carbons (Fsp3) is 0.300. The maximum atomic E-state index is 12.6. The molecule has 2 aliphatic rings. The summed E-state index contributed by atoms with van der Waals surface area (Å²) in [5, 5.41) is 3.00. The number of anilines is 1. The van der Waals surface area contributed by atoms with Gasteiger partial charge < -0.3 is 10.2 Å². The highest BCUT2D eigenvalue weighted by molar-refractivity contribution is 7.98. The van der Waals surface area contributed by atoms with Gasteiger partial charge in [-0.25, -0.2) is 0 Å². The fourth-order valence-corrected chi connectivity index (χ4v) is 5.30. The summed E-state index contributed by atoms with van der Waals surface area (Å²) in [6, 6.07) is 14.7. The molecule has 1 N–H and O–H groups in total. The van der Waals surface area contributed by atoms with E-state index in [1.165, 1.54) is 0 Å². The highest BCUT2D eigenvalue weighted by atomic mass is 32.2. The summed E-state index contributed by atoms with van der Waals surface area (Å²) in [6.07, 6.45) is 3.32. The van der Waals surface area contributed by atoms with Gasteiger partial charge in [-0.05, 0) is 49.4 Å². The Hall–Kier alpha value is -2.32. The third-order valence-corrected chi connectivity index (χ3v) is 7.17. The molecule has 8 heteroatoms. The molecule has 2 aromatic rings. The highest BCUT2D eigenvalue weighted by Gasteiger charge is 2.34. The van der Waals surface area contributed by atoms with E-state index in [0.717, 1.165) is 10.6 Å². The molecule has 0 atom stereocenters. The third kappa shape index (κ3) is 3.66. The second-order valence-electron chi connectivity index (χ2n) is 6.87.